The molecule has 9 heteroatoms. The number of hydrogen-bond acceptors (Lipinski definition) is 7. The third-order valence-corrected chi connectivity index (χ3v) is 4.66. The Morgan fingerprint density at radius 1 is 1.30 bits per heavy atom. The summed E-state index contributed by atoms with van der Waals surface area (Å²) in [6.45, 7) is 7.63. The lowest BCUT2D eigenvalue weighted by Crippen LogP contribution is -2.48. The lowest BCUT2D eigenvalue weighted by molar-refractivity contribution is -0.117. The van der Waals surface area contributed by atoms with Crippen molar-refractivity contribution in [3.8, 4) is 0 Å². The number of amides is 1. The van der Waals surface area contributed by atoms with Gasteiger partial charge in [0, 0.05) is 50.8 Å². The standard InChI is InChI=1S/C14H21N7OS/c1-10-8-12(19(3)17-10)16-13(22)9-20-4-6-21(7-5-20)14-15-11(2)18-23-14/h8H,4-7,9H2,1-3H3,(H,16,22). The van der Waals surface area contributed by atoms with Crippen LogP contribution in [-0.4, -0.2) is 62.7 Å². The van der Waals surface area contributed by atoms with Crippen LogP contribution in [0.25, 0.3) is 0 Å². The molecule has 2 aromatic heterocycles. The number of aromatic nitrogens is 4. The molecule has 124 valence electrons. The zero-order valence-corrected chi connectivity index (χ0v) is 14.4. The second-order valence-electron chi connectivity index (χ2n) is 5.73. The number of aryl methyl sites for hydroxylation is 3. The molecule has 0 saturated carbocycles. The van der Waals surface area contributed by atoms with Gasteiger partial charge in [-0.25, -0.2) is 4.98 Å². The number of carbonyl (C=O) groups excluding carboxylic acids is 1. The molecule has 3 heterocycles. The van der Waals surface area contributed by atoms with E-state index in [-0.39, 0.29) is 5.91 Å². The summed E-state index contributed by atoms with van der Waals surface area (Å²) in [4.78, 5) is 21.0. The smallest absolute Gasteiger partial charge is 0.239 e. The van der Waals surface area contributed by atoms with Crippen LogP contribution in [0.3, 0.4) is 0 Å². The van der Waals surface area contributed by atoms with Crippen molar-refractivity contribution in [3.05, 3.63) is 17.6 Å². The van der Waals surface area contributed by atoms with Gasteiger partial charge in [0.05, 0.1) is 12.2 Å². The lowest BCUT2D eigenvalue weighted by atomic mass is 10.3. The van der Waals surface area contributed by atoms with Crippen molar-refractivity contribution in [2.45, 2.75) is 13.8 Å². The molecule has 0 spiro atoms. The van der Waals surface area contributed by atoms with Crippen LogP contribution in [0, 0.1) is 13.8 Å². The third kappa shape index (κ3) is 3.85. The maximum atomic E-state index is 12.2. The minimum absolute atomic E-state index is 0.00629. The zero-order chi connectivity index (χ0) is 16.4. The van der Waals surface area contributed by atoms with Crippen molar-refractivity contribution in [3.63, 3.8) is 0 Å². The number of rotatable bonds is 4. The van der Waals surface area contributed by atoms with Crippen LogP contribution in [0.4, 0.5) is 10.9 Å². The predicted molar refractivity (Wildman–Crippen MR) is 89.9 cm³/mol. The first-order chi connectivity index (χ1) is 11.0. The minimum atomic E-state index is -0.00629. The molecule has 1 aliphatic heterocycles. The Balaban J connectivity index is 1.48. The Kier molecular flexibility index (Phi) is 4.58. The first kappa shape index (κ1) is 15.9. The quantitative estimate of drug-likeness (QED) is 0.884. The summed E-state index contributed by atoms with van der Waals surface area (Å²) >= 11 is 1.43. The van der Waals surface area contributed by atoms with E-state index in [1.54, 1.807) is 4.68 Å². The molecule has 1 fully saturated rings. The van der Waals surface area contributed by atoms with Gasteiger partial charge in [-0.15, -0.1) is 0 Å². The summed E-state index contributed by atoms with van der Waals surface area (Å²) in [5.41, 5.74) is 0.892. The van der Waals surface area contributed by atoms with E-state index in [4.69, 9.17) is 0 Å². The zero-order valence-electron chi connectivity index (χ0n) is 13.6. The van der Waals surface area contributed by atoms with Crippen molar-refractivity contribution in [1.29, 1.82) is 0 Å². The van der Waals surface area contributed by atoms with Gasteiger partial charge < -0.3 is 10.2 Å². The van der Waals surface area contributed by atoms with E-state index < -0.39 is 0 Å². The van der Waals surface area contributed by atoms with Crippen LogP contribution in [0.2, 0.25) is 0 Å². The Bertz CT molecular complexity index is 687. The van der Waals surface area contributed by atoms with Gasteiger partial charge in [-0.05, 0) is 13.8 Å². The molecule has 2 aromatic rings. The maximum absolute atomic E-state index is 12.2. The highest BCUT2D eigenvalue weighted by Crippen LogP contribution is 2.18. The first-order valence-corrected chi connectivity index (χ1v) is 8.37. The fourth-order valence-corrected chi connectivity index (χ4v) is 3.35. The molecule has 1 aliphatic rings. The fraction of sp³-hybridized carbons (Fsp3) is 0.571. The number of carbonyl (C=O) groups is 1. The molecule has 8 nitrogen and oxygen atoms in total. The fourth-order valence-electron chi connectivity index (χ4n) is 2.62. The van der Waals surface area contributed by atoms with Crippen LogP contribution < -0.4 is 10.2 Å². The van der Waals surface area contributed by atoms with Gasteiger partial charge in [0.2, 0.25) is 11.0 Å². The average molecular weight is 335 g/mol. The Morgan fingerprint density at radius 3 is 2.61 bits per heavy atom. The summed E-state index contributed by atoms with van der Waals surface area (Å²) in [7, 11) is 1.82. The first-order valence-electron chi connectivity index (χ1n) is 7.59. The molecule has 0 atom stereocenters. The van der Waals surface area contributed by atoms with E-state index in [0.717, 1.165) is 48.6 Å². The summed E-state index contributed by atoms with van der Waals surface area (Å²) in [5.74, 6) is 1.54. The van der Waals surface area contributed by atoms with Crippen molar-refractivity contribution in [1.82, 2.24) is 24.0 Å². The molecule has 0 radical (unpaired) electrons. The molecule has 0 bridgehead atoms. The summed E-state index contributed by atoms with van der Waals surface area (Å²) in [5, 5.41) is 8.11. The predicted octanol–water partition coefficient (Wildman–Crippen LogP) is 0.649. The van der Waals surface area contributed by atoms with Gasteiger partial charge in [-0.3, -0.25) is 14.4 Å². The molecule has 0 unspecified atom stereocenters. The Morgan fingerprint density at radius 2 is 2.04 bits per heavy atom. The van der Waals surface area contributed by atoms with Gasteiger partial charge >= 0.3 is 0 Å². The van der Waals surface area contributed by atoms with Crippen LogP contribution in [0.1, 0.15) is 11.5 Å². The van der Waals surface area contributed by atoms with Crippen molar-refractivity contribution < 1.29 is 4.79 Å². The summed E-state index contributed by atoms with van der Waals surface area (Å²) in [6.07, 6.45) is 0. The minimum Gasteiger partial charge on any atom is -0.344 e. The highest BCUT2D eigenvalue weighted by molar-refractivity contribution is 7.09. The largest absolute Gasteiger partial charge is 0.344 e. The van der Waals surface area contributed by atoms with E-state index in [1.165, 1.54) is 11.5 Å². The van der Waals surface area contributed by atoms with Crippen molar-refractivity contribution >= 4 is 28.4 Å². The summed E-state index contributed by atoms with van der Waals surface area (Å²) in [6, 6.07) is 1.87. The lowest BCUT2D eigenvalue weighted by Gasteiger charge is -2.33. The second-order valence-corrected chi connectivity index (χ2v) is 6.46. The third-order valence-electron chi connectivity index (χ3n) is 3.80. The van der Waals surface area contributed by atoms with Crippen LogP contribution >= 0.6 is 11.5 Å². The molecule has 1 N–H and O–H groups in total. The molecule has 0 aliphatic carbocycles. The van der Waals surface area contributed by atoms with E-state index in [1.807, 2.05) is 27.0 Å². The molecular formula is C14H21N7OS. The number of hydrogen-bond donors (Lipinski definition) is 1. The SMILES string of the molecule is Cc1cc(NC(=O)CN2CCN(c3nc(C)ns3)CC2)n(C)n1. The van der Waals surface area contributed by atoms with Crippen LogP contribution in [0.5, 0.6) is 0 Å². The van der Waals surface area contributed by atoms with Crippen molar-refractivity contribution in [2.75, 3.05) is 42.9 Å². The number of nitrogens with one attached hydrogen (secondary N) is 1. The topological polar surface area (TPSA) is 79.2 Å². The number of piperazine rings is 1. The van der Waals surface area contributed by atoms with Crippen molar-refractivity contribution in [2.24, 2.45) is 7.05 Å². The van der Waals surface area contributed by atoms with Crippen LogP contribution in [0.15, 0.2) is 6.07 Å². The molecule has 1 amide bonds. The average Bonchev–Trinajstić information content (AvgIpc) is 3.06. The van der Waals surface area contributed by atoms with Crippen LogP contribution in [-0.2, 0) is 11.8 Å². The van der Waals surface area contributed by atoms with E-state index >= 15 is 0 Å². The maximum Gasteiger partial charge on any atom is 0.239 e. The molecule has 23 heavy (non-hydrogen) atoms. The van der Waals surface area contributed by atoms with Gasteiger partial charge in [-0.1, -0.05) is 0 Å². The highest BCUT2D eigenvalue weighted by atomic mass is 32.1. The van der Waals surface area contributed by atoms with Gasteiger partial charge in [-0.2, -0.15) is 9.47 Å². The number of nitrogens with zero attached hydrogens (tertiary/aromatic N) is 6. The molecule has 1 saturated heterocycles. The highest BCUT2D eigenvalue weighted by Gasteiger charge is 2.21. The Hall–Kier alpha value is -2.00. The van der Waals surface area contributed by atoms with E-state index in [9.17, 15) is 4.79 Å². The Labute approximate surface area is 139 Å². The van der Waals surface area contributed by atoms with E-state index in [2.05, 4.69) is 29.6 Å². The number of anilines is 2. The van der Waals surface area contributed by atoms with Gasteiger partial charge in [0.25, 0.3) is 0 Å². The summed E-state index contributed by atoms with van der Waals surface area (Å²) < 4.78 is 5.90. The monoisotopic (exact) mass is 335 g/mol. The molecular weight excluding hydrogens is 314 g/mol. The molecule has 0 aromatic carbocycles. The second kappa shape index (κ2) is 6.63. The van der Waals surface area contributed by atoms with E-state index in [0.29, 0.717) is 6.54 Å². The normalized spacial score (nSPS) is 15.9. The van der Waals surface area contributed by atoms with Gasteiger partial charge in [0.1, 0.15) is 11.6 Å². The molecule has 3 rings (SSSR count). The van der Waals surface area contributed by atoms with Gasteiger partial charge in [0.15, 0.2) is 0 Å².